The molecule has 0 saturated heterocycles. The van der Waals surface area contributed by atoms with E-state index in [1.165, 1.54) is 0 Å². The van der Waals surface area contributed by atoms with E-state index in [-0.39, 0.29) is 0 Å². The first kappa shape index (κ1) is 12.7. The van der Waals surface area contributed by atoms with Gasteiger partial charge in [0.15, 0.2) is 0 Å². The van der Waals surface area contributed by atoms with Crippen LogP contribution in [0.15, 0.2) is 48.8 Å². The summed E-state index contributed by atoms with van der Waals surface area (Å²) in [6.07, 6.45) is 3.52. The summed E-state index contributed by atoms with van der Waals surface area (Å²) < 4.78 is 10.9. The summed E-state index contributed by atoms with van der Waals surface area (Å²) in [5, 5.41) is 0. The Kier molecular flexibility index (Phi) is 5.30. The van der Waals surface area contributed by atoms with Gasteiger partial charge in [0.1, 0.15) is 0 Å². The van der Waals surface area contributed by atoms with Crippen LogP contribution in [0, 0.1) is 0 Å². The van der Waals surface area contributed by atoms with Gasteiger partial charge in [-0.3, -0.25) is 9.97 Å². The molecule has 0 aromatic carbocycles. The zero-order valence-electron chi connectivity index (χ0n) is 10.2. The number of nitrogens with zero attached hydrogens (tertiary/aromatic N) is 2. The second-order valence-corrected chi connectivity index (χ2v) is 3.75. The number of hydrogen-bond donors (Lipinski definition) is 0. The van der Waals surface area contributed by atoms with Gasteiger partial charge in [-0.2, -0.15) is 0 Å². The third-order valence-electron chi connectivity index (χ3n) is 2.32. The highest BCUT2D eigenvalue weighted by atomic mass is 16.5. The van der Waals surface area contributed by atoms with E-state index in [1.807, 2.05) is 36.4 Å². The highest BCUT2D eigenvalue weighted by Crippen LogP contribution is 1.98. The lowest BCUT2D eigenvalue weighted by atomic mass is 10.4. The van der Waals surface area contributed by atoms with Crippen molar-refractivity contribution < 1.29 is 9.47 Å². The Morgan fingerprint density at radius 3 is 1.61 bits per heavy atom. The Morgan fingerprint density at radius 2 is 1.22 bits per heavy atom. The van der Waals surface area contributed by atoms with Crippen LogP contribution in [0.2, 0.25) is 0 Å². The lowest BCUT2D eigenvalue weighted by Crippen LogP contribution is -2.05. The van der Waals surface area contributed by atoms with Crippen molar-refractivity contribution in [2.45, 2.75) is 13.2 Å². The first-order valence-corrected chi connectivity index (χ1v) is 5.90. The molecule has 0 atom stereocenters. The second-order valence-electron chi connectivity index (χ2n) is 3.75. The Morgan fingerprint density at radius 1 is 0.722 bits per heavy atom. The lowest BCUT2D eigenvalue weighted by Gasteiger charge is -2.05. The van der Waals surface area contributed by atoms with Crippen LogP contribution in [0.1, 0.15) is 11.4 Å². The molecule has 0 N–H and O–H groups in total. The first-order chi connectivity index (χ1) is 8.95. The highest BCUT2D eigenvalue weighted by Gasteiger charge is 1.95. The zero-order valence-corrected chi connectivity index (χ0v) is 10.2. The van der Waals surface area contributed by atoms with Gasteiger partial charge < -0.3 is 9.47 Å². The molecule has 2 aromatic heterocycles. The molecule has 2 aromatic rings. The van der Waals surface area contributed by atoms with Crippen LogP contribution in [0.5, 0.6) is 0 Å². The standard InChI is InChI=1S/C14H16N2O2/c1-3-7-15-13(5-1)11-17-9-10-18-12-14-6-2-4-8-16-14/h1-8H,9-12H2. The van der Waals surface area contributed by atoms with Crippen LogP contribution in [0.25, 0.3) is 0 Å². The SMILES string of the molecule is c1ccc(COCCOCc2ccccn2)nc1. The molecule has 2 rings (SSSR count). The number of pyridine rings is 2. The van der Waals surface area contributed by atoms with Crippen molar-refractivity contribution in [2.75, 3.05) is 13.2 Å². The van der Waals surface area contributed by atoms with Crippen LogP contribution in [-0.4, -0.2) is 23.2 Å². The molecule has 0 spiro atoms. The largest absolute Gasteiger partial charge is 0.373 e. The van der Waals surface area contributed by atoms with E-state index >= 15 is 0 Å². The summed E-state index contributed by atoms with van der Waals surface area (Å²) >= 11 is 0. The van der Waals surface area contributed by atoms with Gasteiger partial charge in [-0.05, 0) is 24.3 Å². The molecule has 0 unspecified atom stereocenters. The van der Waals surface area contributed by atoms with Crippen molar-refractivity contribution in [1.82, 2.24) is 9.97 Å². The maximum Gasteiger partial charge on any atom is 0.0889 e. The molecule has 0 fully saturated rings. The molecule has 0 bridgehead atoms. The molecular formula is C14H16N2O2. The zero-order chi connectivity index (χ0) is 12.5. The highest BCUT2D eigenvalue weighted by molar-refractivity contribution is 5.02. The Bertz CT molecular complexity index is 391. The van der Waals surface area contributed by atoms with Gasteiger partial charge in [0, 0.05) is 12.4 Å². The molecule has 0 radical (unpaired) electrons. The van der Waals surface area contributed by atoms with Crippen LogP contribution in [0.4, 0.5) is 0 Å². The Balaban J connectivity index is 1.54. The van der Waals surface area contributed by atoms with Crippen molar-refractivity contribution in [3.8, 4) is 0 Å². The third-order valence-corrected chi connectivity index (χ3v) is 2.32. The monoisotopic (exact) mass is 244 g/mol. The fraction of sp³-hybridized carbons (Fsp3) is 0.286. The lowest BCUT2D eigenvalue weighted by molar-refractivity contribution is 0.0319. The predicted molar refractivity (Wildman–Crippen MR) is 67.8 cm³/mol. The average Bonchev–Trinajstić information content (AvgIpc) is 2.45. The van der Waals surface area contributed by atoms with E-state index in [1.54, 1.807) is 12.4 Å². The van der Waals surface area contributed by atoms with E-state index in [9.17, 15) is 0 Å². The fourth-order valence-corrected chi connectivity index (χ4v) is 1.44. The molecule has 0 saturated carbocycles. The van der Waals surface area contributed by atoms with Crippen molar-refractivity contribution >= 4 is 0 Å². The van der Waals surface area contributed by atoms with Crippen LogP contribution in [-0.2, 0) is 22.7 Å². The smallest absolute Gasteiger partial charge is 0.0889 e. The number of hydrogen-bond acceptors (Lipinski definition) is 4. The van der Waals surface area contributed by atoms with Gasteiger partial charge in [-0.15, -0.1) is 0 Å². The number of aromatic nitrogens is 2. The normalized spacial score (nSPS) is 10.4. The molecule has 0 aliphatic heterocycles. The van der Waals surface area contributed by atoms with E-state index in [0.29, 0.717) is 26.4 Å². The summed E-state index contributed by atoms with van der Waals surface area (Å²) in [4.78, 5) is 8.34. The molecule has 4 heteroatoms. The van der Waals surface area contributed by atoms with Crippen molar-refractivity contribution in [2.24, 2.45) is 0 Å². The molecule has 4 nitrogen and oxygen atoms in total. The summed E-state index contributed by atoms with van der Waals surface area (Å²) in [6, 6.07) is 11.6. The minimum atomic E-state index is 0.522. The molecular weight excluding hydrogens is 228 g/mol. The van der Waals surface area contributed by atoms with Gasteiger partial charge in [0.25, 0.3) is 0 Å². The van der Waals surface area contributed by atoms with Crippen LogP contribution >= 0.6 is 0 Å². The van der Waals surface area contributed by atoms with E-state index in [0.717, 1.165) is 11.4 Å². The second kappa shape index (κ2) is 7.53. The van der Waals surface area contributed by atoms with Gasteiger partial charge >= 0.3 is 0 Å². The minimum absolute atomic E-state index is 0.522. The number of rotatable bonds is 7. The quantitative estimate of drug-likeness (QED) is 0.700. The molecule has 0 aliphatic carbocycles. The van der Waals surface area contributed by atoms with Gasteiger partial charge in [-0.1, -0.05) is 12.1 Å². The predicted octanol–water partition coefficient (Wildman–Crippen LogP) is 2.21. The maximum atomic E-state index is 5.45. The van der Waals surface area contributed by atoms with Gasteiger partial charge in [0.05, 0.1) is 37.8 Å². The molecule has 2 heterocycles. The van der Waals surface area contributed by atoms with E-state index in [4.69, 9.17) is 9.47 Å². The first-order valence-electron chi connectivity index (χ1n) is 5.90. The minimum Gasteiger partial charge on any atom is -0.373 e. The summed E-state index contributed by atoms with van der Waals surface area (Å²) in [5.74, 6) is 0. The van der Waals surface area contributed by atoms with Gasteiger partial charge in [0.2, 0.25) is 0 Å². The van der Waals surface area contributed by atoms with Crippen LogP contribution < -0.4 is 0 Å². The van der Waals surface area contributed by atoms with Gasteiger partial charge in [-0.25, -0.2) is 0 Å². The summed E-state index contributed by atoms with van der Waals surface area (Å²) in [6.45, 7) is 2.16. The molecule has 94 valence electrons. The summed E-state index contributed by atoms with van der Waals surface area (Å²) in [5.41, 5.74) is 1.87. The third kappa shape index (κ3) is 4.61. The summed E-state index contributed by atoms with van der Waals surface area (Å²) in [7, 11) is 0. The maximum absolute atomic E-state index is 5.45. The van der Waals surface area contributed by atoms with Crippen molar-refractivity contribution in [3.05, 3.63) is 60.2 Å². The molecule has 0 amide bonds. The molecule has 0 aliphatic rings. The average molecular weight is 244 g/mol. The Hall–Kier alpha value is -1.78. The van der Waals surface area contributed by atoms with Crippen molar-refractivity contribution in [1.29, 1.82) is 0 Å². The number of ether oxygens (including phenoxy) is 2. The fourth-order valence-electron chi connectivity index (χ4n) is 1.44. The van der Waals surface area contributed by atoms with Crippen LogP contribution in [0.3, 0.4) is 0 Å². The van der Waals surface area contributed by atoms with E-state index in [2.05, 4.69) is 9.97 Å². The topological polar surface area (TPSA) is 44.2 Å². The van der Waals surface area contributed by atoms with Crippen molar-refractivity contribution in [3.63, 3.8) is 0 Å². The van der Waals surface area contributed by atoms with E-state index < -0.39 is 0 Å². The Labute approximate surface area is 107 Å². The molecule has 18 heavy (non-hydrogen) atoms.